The van der Waals surface area contributed by atoms with Crippen molar-refractivity contribution in [2.45, 2.75) is 44.3 Å². The van der Waals surface area contributed by atoms with Crippen molar-refractivity contribution < 1.29 is 13.9 Å². The summed E-state index contributed by atoms with van der Waals surface area (Å²) in [6.07, 6.45) is 5.32. The van der Waals surface area contributed by atoms with Crippen molar-refractivity contribution in [2.75, 3.05) is 40.4 Å². The van der Waals surface area contributed by atoms with Gasteiger partial charge in [0.05, 0.1) is 26.8 Å². The molecular formula is C26H33FN6O2. The minimum absolute atomic E-state index is 0.143. The average molecular weight is 481 g/mol. The quantitative estimate of drug-likeness (QED) is 0.489. The van der Waals surface area contributed by atoms with Crippen molar-refractivity contribution in [3.05, 3.63) is 65.2 Å². The fourth-order valence-electron chi connectivity index (χ4n) is 5.46. The van der Waals surface area contributed by atoms with Gasteiger partial charge in [-0.2, -0.15) is 0 Å². The number of halogens is 1. The van der Waals surface area contributed by atoms with E-state index in [1.807, 2.05) is 16.8 Å². The van der Waals surface area contributed by atoms with Gasteiger partial charge in [0.2, 0.25) is 0 Å². The van der Waals surface area contributed by atoms with Crippen molar-refractivity contribution >= 4 is 0 Å². The van der Waals surface area contributed by atoms with Gasteiger partial charge in [-0.05, 0) is 58.7 Å². The second-order valence-corrected chi connectivity index (χ2v) is 9.35. The van der Waals surface area contributed by atoms with Crippen molar-refractivity contribution in [3.63, 3.8) is 0 Å². The molecule has 2 fully saturated rings. The van der Waals surface area contributed by atoms with Gasteiger partial charge in [-0.1, -0.05) is 31.0 Å². The number of benzene rings is 2. The lowest BCUT2D eigenvalue weighted by atomic mass is 10.0. The van der Waals surface area contributed by atoms with Crippen molar-refractivity contribution in [3.8, 4) is 11.5 Å². The van der Waals surface area contributed by atoms with Crippen LogP contribution in [0.1, 0.15) is 48.7 Å². The first-order chi connectivity index (χ1) is 17.2. The molecule has 1 atom stereocenters. The Morgan fingerprint density at radius 3 is 2.34 bits per heavy atom. The number of hydrogen-bond acceptors (Lipinski definition) is 7. The number of aromatic nitrogens is 4. The molecule has 8 nitrogen and oxygen atoms in total. The maximum atomic E-state index is 13.4. The maximum Gasteiger partial charge on any atom is 0.173 e. The van der Waals surface area contributed by atoms with E-state index in [2.05, 4.69) is 31.4 Å². The van der Waals surface area contributed by atoms with E-state index in [-0.39, 0.29) is 11.9 Å². The molecule has 2 aliphatic rings. The molecule has 5 rings (SSSR count). The molecule has 1 saturated heterocycles. The van der Waals surface area contributed by atoms with Gasteiger partial charge in [0.15, 0.2) is 17.3 Å². The van der Waals surface area contributed by atoms with Gasteiger partial charge in [0, 0.05) is 32.2 Å². The van der Waals surface area contributed by atoms with Gasteiger partial charge in [-0.3, -0.25) is 9.80 Å². The highest BCUT2D eigenvalue weighted by Gasteiger charge is 2.33. The summed E-state index contributed by atoms with van der Waals surface area (Å²) in [5.74, 6) is 1.87. The largest absolute Gasteiger partial charge is 0.493 e. The third-order valence-corrected chi connectivity index (χ3v) is 7.33. The highest BCUT2D eigenvalue weighted by Crippen LogP contribution is 2.35. The molecule has 2 aromatic carbocycles. The fourth-order valence-corrected chi connectivity index (χ4v) is 5.46. The van der Waals surface area contributed by atoms with E-state index in [1.165, 1.54) is 37.8 Å². The van der Waals surface area contributed by atoms with Gasteiger partial charge >= 0.3 is 0 Å². The average Bonchev–Trinajstić information content (AvgIpc) is 3.59. The Kier molecular flexibility index (Phi) is 7.24. The van der Waals surface area contributed by atoms with Crippen LogP contribution < -0.4 is 9.47 Å². The number of rotatable bonds is 8. The zero-order valence-electron chi connectivity index (χ0n) is 20.4. The molecule has 0 spiro atoms. The van der Waals surface area contributed by atoms with Crippen LogP contribution in [0.4, 0.5) is 4.39 Å². The summed E-state index contributed by atoms with van der Waals surface area (Å²) in [5.41, 5.74) is 1.99. The third kappa shape index (κ3) is 5.16. The monoisotopic (exact) mass is 480 g/mol. The fraction of sp³-hybridized carbons (Fsp3) is 0.500. The van der Waals surface area contributed by atoms with Gasteiger partial charge in [-0.25, -0.2) is 9.07 Å². The Morgan fingerprint density at radius 2 is 1.66 bits per heavy atom. The summed E-state index contributed by atoms with van der Waals surface area (Å²) >= 11 is 0. The Labute approximate surface area is 205 Å². The molecule has 0 N–H and O–H groups in total. The van der Waals surface area contributed by atoms with Crippen LogP contribution in [0.3, 0.4) is 0 Å². The first kappa shape index (κ1) is 23.7. The first-order valence-corrected chi connectivity index (χ1v) is 12.4. The summed E-state index contributed by atoms with van der Waals surface area (Å²) in [7, 11) is 3.29. The van der Waals surface area contributed by atoms with E-state index in [1.54, 1.807) is 26.4 Å². The minimum Gasteiger partial charge on any atom is -0.493 e. The van der Waals surface area contributed by atoms with E-state index in [0.29, 0.717) is 18.0 Å². The van der Waals surface area contributed by atoms with Crippen LogP contribution in [0.5, 0.6) is 11.5 Å². The molecule has 0 amide bonds. The van der Waals surface area contributed by atoms with Crippen molar-refractivity contribution in [1.82, 2.24) is 30.0 Å². The van der Waals surface area contributed by atoms with Crippen LogP contribution in [-0.2, 0) is 6.54 Å². The highest BCUT2D eigenvalue weighted by molar-refractivity contribution is 5.45. The lowest BCUT2D eigenvalue weighted by molar-refractivity contribution is 0.0770. The van der Waals surface area contributed by atoms with Gasteiger partial charge in [0.1, 0.15) is 5.82 Å². The molecule has 0 unspecified atom stereocenters. The lowest BCUT2D eigenvalue weighted by Gasteiger charge is -2.41. The summed E-state index contributed by atoms with van der Waals surface area (Å²) in [5, 5.41) is 12.8. The normalized spacial score (nSPS) is 18.6. The summed E-state index contributed by atoms with van der Waals surface area (Å²) in [6, 6.07) is 13.1. The van der Waals surface area contributed by atoms with Gasteiger partial charge < -0.3 is 9.47 Å². The zero-order valence-corrected chi connectivity index (χ0v) is 20.4. The van der Waals surface area contributed by atoms with E-state index >= 15 is 0 Å². The standard InChI is InChI=1S/C26H33FN6O2/c1-34-23-12-9-20(17-24(23)35-2)25(32-15-13-31(14-16-32)22-5-3-4-6-22)26-28-29-30-33(26)18-19-7-10-21(27)11-8-19/h7-12,17,22,25H,3-6,13-16,18H2,1-2H3/t25-/m1/s1. The molecule has 0 bridgehead atoms. The summed E-state index contributed by atoms with van der Waals surface area (Å²) in [6.45, 7) is 4.40. The second-order valence-electron chi connectivity index (χ2n) is 9.35. The van der Waals surface area contributed by atoms with Crippen LogP contribution >= 0.6 is 0 Å². The second kappa shape index (κ2) is 10.7. The van der Waals surface area contributed by atoms with Crippen LogP contribution in [-0.4, -0.2) is 76.4 Å². The predicted octanol–water partition coefficient (Wildman–Crippen LogP) is 3.53. The molecule has 9 heteroatoms. The molecule has 186 valence electrons. The molecule has 0 radical (unpaired) electrons. The maximum absolute atomic E-state index is 13.4. The molecule has 35 heavy (non-hydrogen) atoms. The molecule has 1 saturated carbocycles. The van der Waals surface area contributed by atoms with E-state index < -0.39 is 0 Å². The van der Waals surface area contributed by atoms with Crippen molar-refractivity contribution in [2.24, 2.45) is 0 Å². The van der Waals surface area contributed by atoms with Gasteiger partial charge in [0.25, 0.3) is 0 Å². The Morgan fingerprint density at radius 1 is 0.943 bits per heavy atom. The third-order valence-electron chi connectivity index (χ3n) is 7.33. The Bertz CT molecular complexity index is 1110. The SMILES string of the molecule is COc1ccc([C@H](c2nnnn2Cc2ccc(F)cc2)N2CCN(C3CCCC3)CC2)cc1OC. The smallest absolute Gasteiger partial charge is 0.173 e. The number of nitrogens with zero attached hydrogens (tertiary/aromatic N) is 6. The van der Waals surface area contributed by atoms with Gasteiger partial charge in [-0.15, -0.1) is 5.10 Å². The molecule has 1 aliphatic heterocycles. The van der Waals surface area contributed by atoms with Crippen LogP contribution in [0.25, 0.3) is 0 Å². The van der Waals surface area contributed by atoms with Crippen LogP contribution in [0.15, 0.2) is 42.5 Å². The molecule has 1 aromatic heterocycles. The molecule has 2 heterocycles. The van der Waals surface area contributed by atoms with E-state index in [9.17, 15) is 4.39 Å². The number of hydrogen-bond donors (Lipinski definition) is 0. The molecular weight excluding hydrogens is 447 g/mol. The number of ether oxygens (including phenoxy) is 2. The minimum atomic E-state index is -0.256. The zero-order chi connectivity index (χ0) is 24.2. The predicted molar refractivity (Wildman–Crippen MR) is 130 cm³/mol. The Balaban J connectivity index is 1.45. The number of tetrazole rings is 1. The number of methoxy groups -OCH3 is 2. The molecule has 1 aliphatic carbocycles. The topological polar surface area (TPSA) is 68.5 Å². The Hall–Kier alpha value is -3.04. The van der Waals surface area contributed by atoms with Crippen LogP contribution in [0.2, 0.25) is 0 Å². The van der Waals surface area contributed by atoms with Crippen LogP contribution in [0, 0.1) is 5.82 Å². The number of piperazine rings is 1. The lowest BCUT2D eigenvalue weighted by Crippen LogP contribution is -2.51. The van der Waals surface area contributed by atoms with E-state index in [0.717, 1.165) is 49.2 Å². The van der Waals surface area contributed by atoms with E-state index in [4.69, 9.17) is 9.47 Å². The first-order valence-electron chi connectivity index (χ1n) is 12.4. The van der Waals surface area contributed by atoms with Crippen molar-refractivity contribution in [1.29, 1.82) is 0 Å². The summed E-state index contributed by atoms with van der Waals surface area (Å²) < 4.78 is 26.3. The molecule has 3 aromatic rings. The highest BCUT2D eigenvalue weighted by atomic mass is 19.1. The summed E-state index contributed by atoms with van der Waals surface area (Å²) in [4.78, 5) is 5.11.